The highest BCUT2D eigenvalue weighted by atomic mass is 35.5. The van der Waals surface area contributed by atoms with E-state index in [1.165, 1.54) is 18.4 Å². The smallest absolute Gasteiger partial charge is 0.158 e. The molecule has 1 aliphatic carbocycles. The maximum atomic E-state index is 6.43. The van der Waals surface area contributed by atoms with Crippen LogP contribution >= 0.6 is 11.6 Å². The van der Waals surface area contributed by atoms with Crippen LogP contribution in [0.3, 0.4) is 0 Å². The molecule has 2 saturated heterocycles. The number of epoxide rings is 1. The molecule has 1 spiro atoms. The Bertz CT molecular complexity index is 588. The molecule has 1 saturated carbocycles. The molecule has 0 radical (unpaired) electrons. The molecule has 4 heteroatoms. The highest BCUT2D eigenvalue weighted by Gasteiger charge is 2.64. The predicted molar refractivity (Wildman–Crippen MR) is 98.8 cm³/mol. The van der Waals surface area contributed by atoms with E-state index in [2.05, 4.69) is 26.0 Å². The number of hydrogen-bond acceptors (Lipinski definition) is 3. The van der Waals surface area contributed by atoms with E-state index in [4.69, 9.17) is 25.8 Å². The molecule has 2 aliphatic heterocycles. The third kappa shape index (κ3) is 3.62. The third-order valence-corrected chi connectivity index (χ3v) is 6.62. The summed E-state index contributed by atoms with van der Waals surface area (Å²) in [7, 11) is 0. The van der Waals surface area contributed by atoms with Crippen molar-refractivity contribution in [2.75, 3.05) is 13.2 Å². The number of ether oxygens (including phenoxy) is 3. The number of benzene rings is 1. The van der Waals surface area contributed by atoms with E-state index in [-0.39, 0.29) is 17.5 Å². The van der Waals surface area contributed by atoms with E-state index < -0.39 is 0 Å². The van der Waals surface area contributed by atoms with E-state index in [0.717, 1.165) is 43.9 Å². The lowest BCUT2D eigenvalue weighted by Gasteiger charge is -2.39. The minimum absolute atomic E-state index is 0.00218. The van der Waals surface area contributed by atoms with Crippen LogP contribution < -0.4 is 0 Å². The zero-order chi connectivity index (χ0) is 17.5. The van der Waals surface area contributed by atoms with Crippen molar-refractivity contribution in [1.82, 2.24) is 0 Å². The lowest BCUT2D eigenvalue weighted by molar-refractivity contribution is -0.233. The van der Waals surface area contributed by atoms with Gasteiger partial charge in [-0.05, 0) is 76.0 Å². The first-order chi connectivity index (χ1) is 12.0. The van der Waals surface area contributed by atoms with E-state index in [1.54, 1.807) is 0 Å². The van der Waals surface area contributed by atoms with Gasteiger partial charge in [0.25, 0.3) is 0 Å². The van der Waals surface area contributed by atoms with Gasteiger partial charge in [0.2, 0.25) is 0 Å². The summed E-state index contributed by atoms with van der Waals surface area (Å²) >= 11 is 6.02. The Kier molecular flexibility index (Phi) is 4.87. The van der Waals surface area contributed by atoms with Gasteiger partial charge in [0.1, 0.15) is 5.60 Å². The number of halogens is 1. The Hall–Kier alpha value is -0.610. The van der Waals surface area contributed by atoms with Gasteiger partial charge in [-0.15, -0.1) is 0 Å². The minimum atomic E-state index is -0.215. The van der Waals surface area contributed by atoms with Gasteiger partial charge in [0.05, 0.1) is 12.2 Å². The summed E-state index contributed by atoms with van der Waals surface area (Å²) in [5, 5.41) is 0.799. The monoisotopic (exact) mass is 364 g/mol. The van der Waals surface area contributed by atoms with Gasteiger partial charge in [-0.2, -0.15) is 0 Å². The number of hydrogen-bond donors (Lipinski definition) is 0. The first-order valence-electron chi connectivity index (χ1n) is 9.67. The van der Waals surface area contributed by atoms with Crippen LogP contribution in [0, 0.1) is 11.8 Å². The summed E-state index contributed by atoms with van der Waals surface area (Å²) in [6, 6.07) is 8.25. The van der Waals surface area contributed by atoms with Crippen LogP contribution in [-0.2, 0) is 20.6 Å². The van der Waals surface area contributed by atoms with Crippen LogP contribution in [0.15, 0.2) is 24.3 Å². The molecule has 4 rings (SSSR count). The molecule has 4 atom stereocenters. The van der Waals surface area contributed by atoms with Gasteiger partial charge >= 0.3 is 0 Å². The average Bonchev–Trinajstić information content (AvgIpc) is 3.28. The standard InChI is InChI=1S/C21H29ClO3/c1-20(2,25-19-5-3-4-12-23-19)18-11-8-16(21(18)14-24-21)13-15-6-9-17(22)10-7-15/h6-7,9-10,16,18-19H,3-5,8,11-14H2,1-2H3. The van der Waals surface area contributed by atoms with E-state index in [1.807, 2.05) is 12.1 Å². The molecule has 3 fully saturated rings. The number of rotatable bonds is 5. The van der Waals surface area contributed by atoms with Crippen molar-refractivity contribution in [3.63, 3.8) is 0 Å². The topological polar surface area (TPSA) is 31.0 Å². The first kappa shape index (κ1) is 17.8. The molecule has 25 heavy (non-hydrogen) atoms. The molecule has 0 amide bonds. The maximum absolute atomic E-state index is 6.43. The second-order valence-corrected chi connectivity index (χ2v) is 8.85. The fourth-order valence-corrected chi connectivity index (χ4v) is 5.13. The van der Waals surface area contributed by atoms with Gasteiger partial charge in [-0.3, -0.25) is 0 Å². The van der Waals surface area contributed by atoms with Crippen molar-refractivity contribution in [2.45, 2.75) is 69.9 Å². The van der Waals surface area contributed by atoms with Crippen LogP contribution in [0.25, 0.3) is 0 Å². The predicted octanol–water partition coefficient (Wildman–Crippen LogP) is 5.00. The Labute approximate surface area is 156 Å². The van der Waals surface area contributed by atoms with Crippen molar-refractivity contribution in [2.24, 2.45) is 11.8 Å². The highest BCUT2D eigenvalue weighted by Crippen LogP contribution is 2.57. The SMILES string of the molecule is CC(C)(OC1CCCCO1)C1CCC(Cc2ccc(Cl)cc2)C12CO2. The molecule has 3 aliphatic rings. The quantitative estimate of drug-likeness (QED) is 0.689. The summed E-state index contributed by atoms with van der Waals surface area (Å²) in [6.45, 7) is 6.15. The molecule has 4 unspecified atom stereocenters. The molecule has 0 aromatic heterocycles. The average molecular weight is 365 g/mol. The molecule has 138 valence electrons. The van der Waals surface area contributed by atoms with Crippen molar-refractivity contribution < 1.29 is 14.2 Å². The summed E-state index contributed by atoms with van der Waals surface area (Å²) < 4.78 is 18.4. The summed E-state index contributed by atoms with van der Waals surface area (Å²) in [5.41, 5.74) is 1.13. The summed E-state index contributed by atoms with van der Waals surface area (Å²) in [5.74, 6) is 0.997. The maximum Gasteiger partial charge on any atom is 0.158 e. The van der Waals surface area contributed by atoms with Crippen molar-refractivity contribution in [3.8, 4) is 0 Å². The fourth-order valence-electron chi connectivity index (χ4n) is 5.00. The third-order valence-electron chi connectivity index (χ3n) is 6.37. The second kappa shape index (κ2) is 6.84. The van der Waals surface area contributed by atoms with Gasteiger partial charge in [-0.25, -0.2) is 0 Å². The van der Waals surface area contributed by atoms with E-state index in [0.29, 0.717) is 11.8 Å². The Morgan fingerprint density at radius 3 is 2.56 bits per heavy atom. The van der Waals surface area contributed by atoms with Gasteiger partial charge in [-0.1, -0.05) is 23.7 Å². The molecule has 1 aromatic carbocycles. The van der Waals surface area contributed by atoms with Crippen LogP contribution in [0.5, 0.6) is 0 Å². The minimum Gasteiger partial charge on any atom is -0.369 e. The first-order valence-corrected chi connectivity index (χ1v) is 10.1. The zero-order valence-electron chi connectivity index (χ0n) is 15.3. The molecule has 2 heterocycles. The van der Waals surface area contributed by atoms with Crippen LogP contribution in [-0.4, -0.2) is 30.7 Å². The molecule has 1 aromatic rings. The highest BCUT2D eigenvalue weighted by molar-refractivity contribution is 6.30. The Morgan fingerprint density at radius 1 is 1.16 bits per heavy atom. The van der Waals surface area contributed by atoms with Crippen molar-refractivity contribution in [1.29, 1.82) is 0 Å². The molecule has 0 bridgehead atoms. The van der Waals surface area contributed by atoms with Crippen molar-refractivity contribution >= 4 is 11.6 Å². The van der Waals surface area contributed by atoms with Gasteiger partial charge in [0.15, 0.2) is 6.29 Å². The molecule has 3 nitrogen and oxygen atoms in total. The summed E-state index contributed by atoms with van der Waals surface area (Å²) in [6.07, 6.45) is 6.74. The largest absolute Gasteiger partial charge is 0.369 e. The van der Waals surface area contributed by atoms with Crippen LogP contribution in [0.4, 0.5) is 0 Å². The lowest BCUT2D eigenvalue weighted by atomic mass is 9.78. The van der Waals surface area contributed by atoms with Crippen LogP contribution in [0.2, 0.25) is 5.02 Å². The van der Waals surface area contributed by atoms with Gasteiger partial charge in [0, 0.05) is 17.5 Å². The summed E-state index contributed by atoms with van der Waals surface area (Å²) in [4.78, 5) is 0. The van der Waals surface area contributed by atoms with Crippen LogP contribution in [0.1, 0.15) is 51.5 Å². The van der Waals surface area contributed by atoms with E-state index >= 15 is 0 Å². The Balaban J connectivity index is 1.44. The fraction of sp³-hybridized carbons (Fsp3) is 0.714. The van der Waals surface area contributed by atoms with Gasteiger partial charge < -0.3 is 14.2 Å². The lowest BCUT2D eigenvalue weighted by Crippen LogP contribution is -2.46. The zero-order valence-corrected chi connectivity index (χ0v) is 16.1. The molecular weight excluding hydrogens is 336 g/mol. The normalized spacial score (nSPS) is 35.2. The second-order valence-electron chi connectivity index (χ2n) is 8.42. The van der Waals surface area contributed by atoms with Crippen molar-refractivity contribution in [3.05, 3.63) is 34.9 Å². The molecule has 0 N–H and O–H groups in total. The molecular formula is C21H29ClO3. The van der Waals surface area contributed by atoms with E-state index in [9.17, 15) is 0 Å². The Morgan fingerprint density at radius 2 is 1.92 bits per heavy atom.